The standard InChI is InChI=1S/C15H14N2O3/c1-19-12-5-2-10(3-6-12)9-17-13-8-11(16)4-7-14(13)20-15(17)18/h2-8H,9,16H2,1H3. The van der Waals surface area contributed by atoms with Crippen molar-refractivity contribution in [2.45, 2.75) is 6.54 Å². The van der Waals surface area contributed by atoms with Gasteiger partial charge in [0.1, 0.15) is 5.75 Å². The van der Waals surface area contributed by atoms with Gasteiger partial charge >= 0.3 is 5.76 Å². The third-order valence-corrected chi connectivity index (χ3v) is 3.19. The average molecular weight is 270 g/mol. The molecule has 0 saturated heterocycles. The second-order valence-corrected chi connectivity index (χ2v) is 4.53. The Labute approximate surface area is 115 Å². The summed E-state index contributed by atoms with van der Waals surface area (Å²) in [6.45, 7) is 0.430. The Hall–Kier alpha value is -2.69. The molecule has 0 atom stereocenters. The smallest absolute Gasteiger partial charge is 0.420 e. The first-order valence-corrected chi connectivity index (χ1v) is 6.19. The van der Waals surface area contributed by atoms with Crippen LogP contribution in [0.4, 0.5) is 5.69 Å². The van der Waals surface area contributed by atoms with Crippen LogP contribution in [0.2, 0.25) is 0 Å². The number of rotatable bonds is 3. The first-order chi connectivity index (χ1) is 9.67. The largest absolute Gasteiger partial charge is 0.497 e. The molecule has 20 heavy (non-hydrogen) atoms. The average Bonchev–Trinajstić information content (AvgIpc) is 2.76. The third-order valence-electron chi connectivity index (χ3n) is 3.19. The summed E-state index contributed by atoms with van der Waals surface area (Å²) in [6, 6.07) is 12.7. The van der Waals surface area contributed by atoms with Crippen LogP contribution in [-0.2, 0) is 6.54 Å². The molecule has 5 nitrogen and oxygen atoms in total. The van der Waals surface area contributed by atoms with Gasteiger partial charge in [-0.1, -0.05) is 12.1 Å². The highest BCUT2D eigenvalue weighted by Crippen LogP contribution is 2.18. The molecule has 3 aromatic rings. The first kappa shape index (κ1) is 12.3. The van der Waals surface area contributed by atoms with E-state index in [9.17, 15) is 4.79 Å². The molecule has 0 spiro atoms. The minimum atomic E-state index is -0.388. The lowest BCUT2D eigenvalue weighted by Gasteiger charge is -2.04. The number of nitrogen functional groups attached to an aromatic ring is 1. The summed E-state index contributed by atoms with van der Waals surface area (Å²) in [5.74, 6) is 0.392. The molecule has 0 amide bonds. The number of hydrogen-bond acceptors (Lipinski definition) is 4. The van der Waals surface area contributed by atoms with E-state index in [0.717, 1.165) is 11.3 Å². The summed E-state index contributed by atoms with van der Waals surface area (Å²) < 4.78 is 11.9. The molecular formula is C15H14N2O3. The highest BCUT2D eigenvalue weighted by atomic mass is 16.5. The predicted molar refractivity (Wildman–Crippen MR) is 77.0 cm³/mol. The molecule has 3 rings (SSSR count). The lowest BCUT2D eigenvalue weighted by atomic mass is 10.2. The number of aromatic nitrogens is 1. The van der Waals surface area contributed by atoms with Crippen molar-refractivity contribution in [3.05, 3.63) is 58.6 Å². The normalized spacial score (nSPS) is 10.8. The van der Waals surface area contributed by atoms with Crippen molar-refractivity contribution in [2.75, 3.05) is 12.8 Å². The molecule has 1 aromatic heterocycles. The zero-order valence-corrected chi connectivity index (χ0v) is 11.0. The van der Waals surface area contributed by atoms with Crippen molar-refractivity contribution < 1.29 is 9.15 Å². The quantitative estimate of drug-likeness (QED) is 0.741. The number of ether oxygens (including phenoxy) is 1. The molecule has 0 radical (unpaired) electrons. The number of fused-ring (bicyclic) bond motifs is 1. The van der Waals surface area contributed by atoms with Crippen LogP contribution in [0.5, 0.6) is 5.75 Å². The fourth-order valence-electron chi connectivity index (χ4n) is 2.14. The molecule has 0 aliphatic rings. The van der Waals surface area contributed by atoms with Crippen LogP contribution in [0.15, 0.2) is 51.7 Å². The van der Waals surface area contributed by atoms with Crippen molar-refractivity contribution in [2.24, 2.45) is 0 Å². The van der Waals surface area contributed by atoms with Gasteiger partial charge < -0.3 is 14.9 Å². The zero-order chi connectivity index (χ0) is 14.1. The predicted octanol–water partition coefficient (Wildman–Crippen LogP) is 2.23. The second-order valence-electron chi connectivity index (χ2n) is 4.53. The van der Waals surface area contributed by atoms with Crippen LogP contribution in [0, 0.1) is 0 Å². The van der Waals surface area contributed by atoms with E-state index in [4.69, 9.17) is 14.9 Å². The van der Waals surface area contributed by atoms with Gasteiger partial charge in [-0.25, -0.2) is 4.79 Å². The first-order valence-electron chi connectivity index (χ1n) is 6.19. The van der Waals surface area contributed by atoms with E-state index in [1.54, 1.807) is 29.9 Å². The van der Waals surface area contributed by atoms with Crippen LogP contribution in [-0.4, -0.2) is 11.7 Å². The number of hydrogen-bond donors (Lipinski definition) is 1. The van der Waals surface area contributed by atoms with Crippen LogP contribution < -0.4 is 16.2 Å². The van der Waals surface area contributed by atoms with Crippen LogP contribution in [0.1, 0.15) is 5.56 Å². The summed E-state index contributed by atoms with van der Waals surface area (Å²) in [7, 11) is 1.62. The van der Waals surface area contributed by atoms with Gasteiger partial charge in [0.2, 0.25) is 0 Å². The minimum Gasteiger partial charge on any atom is -0.497 e. The van der Waals surface area contributed by atoms with Gasteiger partial charge in [0.25, 0.3) is 0 Å². The van der Waals surface area contributed by atoms with Crippen LogP contribution in [0.3, 0.4) is 0 Å². The van der Waals surface area contributed by atoms with E-state index in [0.29, 0.717) is 23.3 Å². The van der Waals surface area contributed by atoms with Crippen molar-refractivity contribution in [1.82, 2.24) is 4.57 Å². The van der Waals surface area contributed by atoms with Crippen LogP contribution >= 0.6 is 0 Å². The Bertz CT molecular complexity index is 800. The monoisotopic (exact) mass is 270 g/mol. The zero-order valence-electron chi connectivity index (χ0n) is 11.0. The topological polar surface area (TPSA) is 70.4 Å². The van der Waals surface area contributed by atoms with Crippen LogP contribution in [0.25, 0.3) is 11.1 Å². The van der Waals surface area contributed by atoms with E-state index in [1.165, 1.54) is 0 Å². The van der Waals surface area contributed by atoms with E-state index in [2.05, 4.69) is 0 Å². The Morgan fingerprint density at radius 2 is 1.95 bits per heavy atom. The van der Waals surface area contributed by atoms with Gasteiger partial charge in [-0.2, -0.15) is 0 Å². The third kappa shape index (κ3) is 2.14. The van der Waals surface area contributed by atoms with Gasteiger partial charge in [0.05, 0.1) is 19.2 Å². The molecule has 1 heterocycles. The lowest BCUT2D eigenvalue weighted by molar-refractivity contribution is 0.414. The van der Waals surface area contributed by atoms with Crippen molar-refractivity contribution in [3.63, 3.8) is 0 Å². The molecule has 102 valence electrons. The number of anilines is 1. The van der Waals surface area contributed by atoms with Gasteiger partial charge in [-0.15, -0.1) is 0 Å². The summed E-state index contributed by atoms with van der Waals surface area (Å²) in [6.07, 6.45) is 0. The Kier molecular flexibility index (Phi) is 2.95. The highest BCUT2D eigenvalue weighted by Gasteiger charge is 2.09. The molecule has 0 fully saturated rings. The maximum Gasteiger partial charge on any atom is 0.420 e. The number of nitrogens with two attached hydrogens (primary N) is 1. The SMILES string of the molecule is COc1ccc(Cn2c(=O)oc3ccc(N)cc32)cc1. The highest BCUT2D eigenvalue weighted by molar-refractivity contribution is 5.77. The number of benzene rings is 2. The summed E-state index contributed by atoms with van der Waals surface area (Å²) >= 11 is 0. The minimum absolute atomic E-state index is 0.388. The second kappa shape index (κ2) is 4.77. The molecule has 0 aliphatic heterocycles. The van der Waals surface area contributed by atoms with E-state index in [1.807, 2.05) is 24.3 Å². The van der Waals surface area contributed by atoms with Crippen molar-refractivity contribution >= 4 is 16.8 Å². The molecule has 2 N–H and O–H groups in total. The molecule has 2 aromatic carbocycles. The molecule has 0 unspecified atom stereocenters. The van der Waals surface area contributed by atoms with E-state index in [-0.39, 0.29) is 5.76 Å². The van der Waals surface area contributed by atoms with Gasteiger partial charge in [0.15, 0.2) is 5.58 Å². The van der Waals surface area contributed by atoms with Gasteiger partial charge in [-0.05, 0) is 35.9 Å². The van der Waals surface area contributed by atoms with Gasteiger partial charge in [-0.3, -0.25) is 4.57 Å². The number of methoxy groups -OCH3 is 1. The fourth-order valence-corrected chi connectivity index (χ4v) is 2.14. The molecule has 0 saturated carbocycles. The van der Waals surface area contributed by atoms with E-state index < -0.39 is 0 Å². The Morgan fingerprint density at radius 3 is 2.65 bits per heavy atom. The Balaban J connectivity index is 2.03. The summed E-state index contributed by atoms with van der Waals surface area (Å²) in [4.78, 5) is 11.9. The maximum atomic E-state index is 11.9. The Morgan fingerprint density at radius 1 is 1.20 bits per heavy atom. The maximum absolute atomic E-state index is 11.9. The lowest BCUT2D eigenvalue weighted by Crippen LogP contribution is -2.14. The summed E-state index contributed by atoms with van der Waals surface area (Å²) in [5.41, 5.74) is 8.58. The van der Waals surface area contributed by atoms with Gasteiger partial charge in [0, 0.05) is 5.69 Å². The summed E-state index contributed by atoms with van der Waals surface area (Å²) in [5, 5.41) is 0. The van der Waals surface area contributed by atoms with Crippen molar-refractivity contribution in [3.8, 4) is 5.75 Å². The molecular weight excluding hydrogens is 256 g/mol. The molecule has 0 bridgehead atoms. The number of oxazole rings is 1. The number of nitrogens with zero attached hydrogens (tertiary/aromatic N) is 1. The molecule has 5 heteroatoms. The fraction of sp³-hybridized carbons (Fsp3) is 0.133. The van der Waals surface area contributed by atoms with E-state index >= 15 is 0 Å². The molecule has 0 aliphatic carbocycles. The van der Waals surface area contributed by atoms with Crippen molar-refractivity contribution in [1.29, 1.82) is 0 Å².